The number of hydrogen-bond acceptors (Lipinski definition) is 4. The Morgan fingerprint density at radius 3 is 2.56 bits per heavy atom. The third-order valence-corrected chi connectivity index (χ3v) is 1.95. The molecule has 0 fully saturated rings. The fourth-order valence-corrected chi connectivity index (χ4v) is 1.29. The van der Waals surface area contributed by atoms with E-state index in [4.69, 9.17) is 11.6 Å². The van der Waals surface area contributed by atoms with Gasteiger partial charge in [0.15, 0.2) is 6.29 Å². The van der Waals surface area contributed by atoms with Crippen LogP contribution in [-0.2, 0) is 0 Å². The number of halogens is 3. The topological polar surface area (TPSA) is 69.4 Å². The summed E-state index contributed by atoms with van der Waals surface area (Å²) in [5.41, 5.74) is -1.37. The van der Waals surface area contributed by atoms with Gasteiger partial charge in [0, 0.05) is 0 Å². The molecule has 0 saturated carbocycles. The van der Waals surface area contributed by atoms with Gasteiger partial charge in [-0.2, -0.15) is 8.78 Å². The van der Waals surface area contributed by atoms with Crippen LogP contribution in [0.15, 0.2) is 12.1 Å². The third kappa shape index (κ3) is 2.43. The molecule has 16 heavy (non-hydrogen) atoms. The van der Waals surface area contributed by atoms with E-state index in [2.05, 4.69) is 4.74 Å². The number of benzene rings is 1. The van der Waals surface area contributed by atoms with E-state index in [1.54, 1.807) is 0 Å². The summed E-state index contributed by atoms with van der Waals surface area (Å²) in [6.07, 6.45) is 0.0434. The molecule has 0 aliphatic heterocycles. The molecule has 1 aromatic carbocycles. The predicted molar refractivity (Wildman–Crippen MR) is 50.1 cm³/mol. The number of aldehydes is 1. The first kappa shape index (κ1) is 12.3. The molecule has 1 rings (SSSR count). The predicted octanol–water partition coefficient (Wildman–Crippen LogP) is 2.66. The van der Waals surface area contributed by atoms with Gasteiger partial charge in [0.05, 0.1) is 4.92 Å². The van der Waals surface area contributed by atoms with Crippen molar-refractivity contribution < 1.29 is 23.2 Å². The lowest BCUT2D eigenvalue weighted by molar-refractivity contribution is -0.385. The first-order valence-corrected chi connectivity index (χ1v) is 4.22. The first-order valence-electron chi connectivity index (χ1n) is 3.84. The van der Waals surface area contributed by atoms with Gasteiger partial charge >= 0.3 is 12.3 Å². The second-order valence-electron chi connectivity index (χ2n) is 2.56. The van der Waals surface area contributed by atoms with Crippen molar-refractivity contribution in [2.45, 2.75) is 6.61 Å². The van der Waals surface area contributed by atoms with Crippen LogP contribution in [0.4, 0.5) is 14.5 Å². The van der Waals surface area contributed by atoms with Crippen molar-refractivity contribution in [2.24, 2.45) is 0 Å². The van der Waals surface area contributed by atoms with E-state index in [0.717, 1.165) is 12.1 Å². The highest BCUT2D eigenvalue weighted by molar-refractivity contribution is 6.33. The summed E-state index contributed by atoms with van der Waals surface area (Å²) < 4.78 is 27.8. The number of alkyl halides is 2. The normalized spacial score (nSPS) is 10.2. The van der Waals surface area contributed by atoms with Crippen LogP contribution in [0.25, 0.3) is 0 Å². The summed E-state index contributed by atoms with van der Waals surface area (Å²) in [4.78, 5) is 20.2. The summed E-state index contributed by atoms with van der Waals surface area (Å²) in [7, 11) is 0. The zero-order chi connectivity index (χ0) is 12.3. The first-order chi connectivity index (χ1) is 7.47. The Balaban J connectivity index is 3.36. The monoisotopic (exact) mass is 251 g/mol. The van der Waals surface area contributed by atoms with Crippen molar-refractivity contribution >= 4 is 23.6 Å². The van der Waals surface area contributed by atoms with Crippen LogP contribution < -0.4 is 4.74 Å². The lowest BCUT2D eigenvalue weighted by Crippen LogP contribution is -2.06. The highest BCUT2D eigenvalue weighted by Crippen LogP contribution is 2.34. The van der Waals surface area contributed by atoms with E-state index in [-0.39, 0.29) is 11.3 Å². The molecule has 0 aliphatic carbocycles. The Hall–Kier alpha value is -1.76. The highest BCUT2D eigenvalue weighted by atomic mass is 35.5. The van der Waals surface area contributed by atoms with Crippen LogP contribution in [0.3, 0.4) is 0 Å². The maximum Gasteiger partial charge on any atom is 0.387 e. The SMILES string of the molecule is O=Cc1c(OC(F)F)ccc(Cl)c1[N+](=O)[O-]. The quantitative estimate of drug-likeness (QED) is 0.469. The molecule has 1 aromatic rings. The van der Waals surface area contributed by atoms with Crippen molar-refractivity contribution in [3.8, 4) is 5.75 Å². The number of ether oxygens (including phenoxy) is 1. The van der Waals surface area contributed by atoms with E-state index in [9.17, 15) is 23.7 Å². The Labute approximate surface area is 92.7 Å². The lowest BCUT2D eigenvalue weighted by Gasteiger charge is -2.07. The number of nitrogens with zero attached hydrogens (tertiary/aromatic N) is 1. The van der Waals surface area contributed by atoms with Crippen LogP contribution in [0.1, 0.15) is 10.4 Å². The van der Waals surface area contributed by atoms with Gasteiger partial charge in [-0.15, -0.1) is 0 Å². The number of rotatable bonds is 4. The minimum Gasteiger partial charge on any atom is -0.434 e. The molecule has 0 heterocycles. The summed E-state index contributed by atoms with van der Waals surface area (Å²) in [5.74, 6) is -0.582. The van der Waals surface area contributed by atoms with E-state index in [1.165, 1.54) is 0 Å². The highest BCUT2D eigenvalue weighted by Gasteiger charge is 2.24. The van der Waals surface area contributed by atoms with Crippen LogP contribution in [0, 0.1) is 10.1 Å². The van der Waals surface area contributed by atoms with Crippen LogP contribution in [0.5, 0.6) is 5.75 Å². The van der Waals surface area contributed by atoms with Gasteiger partial charge in [0.2, 0.25) is 0 Å². The van der Waals surface area contributed by atoms with Gasteiger partial charge in [-0.05, 0) is 12.1 Å². The molecular weight excluding hydrogens is 248 g/mol. The van der Waals surface area contributed by atoms with Crippen molar-refractivity contribution in [3.63, 3.8) is 0 Å². The van der Waals surface area contributed by atoms with Crippen molar-refractivity contribution in [1.29, 1.82) is 0 Å². The van der Waals surface area contributed by atoms with Gasteiger partial charge < -0.3 is 4.74 Å². The molecular formula is C8H4ClF2NO4. The zero-order valence-electron chi connectivity index (χ0n) is 7.52. The molecule has 0 radical (unpaired) electrons. The lowest BCUT2D eigenvalue weighted by atomic mass is 10.2. The second-order valence-corrected chi connectivity index (χ2v) is 2.97. The fourth-order valence-electron chi connectivity index (χ4n) is 1.06. The van der Waals surface area contributed by atoms with Gasteiger partial charge in [-0.1, -0.05) is 11.6 Å². The number of nitro benzene ring substituents is 1. The minimum absolute atomic E-state index is 0.0434. The molecule has 0 aliphatic rings. The largest absolute Gasteiger partial charge is 0.434 e. The van der Waals surface area contributed by atoms with E-state index < -0.39 is 28.5 Å². The molecule has 86 valence electrons. The van der Waals surface area contributed by atoms with Gasteiger partial charge in [0.25, 0.3) is 0 Å². The van der Waals surface area contributed by atoms with E-state index >= 15 is 0 Å². The number of hydrogen-bond donors (Lipinski definition) is 0. The Morgan fingerprint density at radius 2 is 2.12 bits per heavy atom. The molecule has 5 nitrogen and oxygen atoms in total. The minimum atomic E-state index is -3.18. The van der Waals surface area contributed by atoms with Gasteiger partial charge in [0.1, 0.15) is 16.3 Å². The molecule has 0 unspecified atom stereocenters. The smallest absolute Gasteiger partial charge is 0.387 e. The summed E-state index contributed by atoms with van der Waals surface area (Å²) in [6.45, 7) is -3.18. The second kappa shape index (κ2) is 4.84. The van der Waals surface area contributed by atoms with Crippen LogP contribution >= 0.6 is 11.6 Å². The van der Waals surface area contributed by atoms with Crippen molar-refractivity contribution in [2.75, 3.05) is 0 Å². The maximum atomic E-state index is 11.9. The number of carbonyl (C=O) groups excluding carboxylic acids is 1. The summed E-state index contributed by atoms with van der Waals surface area (Å²) in [5, 5.41) is 10.2. The third-order valence-electron chi connectivity index (χ3n) is 1.64. The Morgan fingerprint density at radius 1 is 1.50 bits per heavy atom. The molecule has 0 aromatic heterocycles. The molecule has 8 heteroatoms. The molecule has 0 amide bonds. The number of nitro groups is 1. The molecule has 0 atom stereocenters. The summed E-state index contributed by atoms with van der Waals surface area (Å²) in [6, 6.07) is 1.97. The average molecular weight is 252 g/mol. The summed E-state index contributed by atoms with van der Waals surface area (Å²) >= 11 is 5.47. The van der Waals surface area contributed by atoms with Crippen LogP contribution in [-0.4, -0.2) is 17.8 Å². The molecule has 0 N–H and O–H groups in total. The molecule has 0 saturated heterocycles. The average Bonchev–Trinajstić information content (AvgIpc) is 2.18. The van der Waals surface area contributed by atoms with E-state index in [1.807, 2.05) is 0 Å². The van der Waals surface area contributed by atoms with Crippen molar-refractivity contribution in [3.05, 3.63) is 32.8 Å². The molecule has 0 spiro atoms. The Bertz CT molecular complexity index is 438. The fraction of sp³-hybridized carbons (Fsp3) is 0.125. The van der Waals surface area contributed by atoms with E-state index in [0.29, 0.717) is 0 Å². The Kier molecular flexibility index (Phi) is 3.73. The number of carbonyl (C=O) groups is 1. The van der Waals surface area contributed by atoms with Gasteiger partial charge in [-0.3, -0.25) is 14.9 Å². The van der Waals surface area contributed by atoms with Crippen molar-refractivity contribution in [1.82, 2.24) is 0 Å². The standard InChI is InChI=1S/C8H4ClF2NO4/c9-5-1-2-6(16-8(10)11)4(3-13)7(5)12(14)15/h1-3,8H. The maximum absolute atomic E-state index is 11.9. The zero-order valence-corrected chi connectivity index (χ0v) is 8.28. The van der Waals surface area contributed by atoms with Gasteiger partial charge in [-0.25, -0.2) is 0 Å². The van der Waals surface area contributed by atoms with Crippen LogP contribution in [0.2, 0.25) is 5.02 Å². The molecule has 0 bridgehead atoms.